The lowest BCUT2D eigenvalue weighted by Gasteiger charge is -2.16. The van der Waals surface area contributed by atoms with Gasteiger partial charge in [-0.25, -0.2) is 4.98 Å². The van der Waals surface area contributed by atoms with Gasteiger partial charge in [0.05, 0.1) is 22.5 Å². The predicted octanol–water partition coefficient (Wildman–Crippen LogP) is 4.56. The van der Waals surface area contributed by atoms with Crippen molar-refractivity contribution in [1.29, 1.82) is 0 Å². The first-order valence-corrected chi connectivity index (χ1v) is 9.61. The number of aromatic nitrogens is 2. The van der Waals surface area contributed by atoms with E-state index in [4.69, 9.17) is 0 Å². The fraction of sp³-hybridized carbons (Fsp3) is 0.300. The number of thioether (sulfide) groups is 1. The molecule has 24 heavy (non-hydrogen) atoms. The maximum Gasteiger partial charge on any atom is 0.172 e. The SMILES string of the molecule is O=C(CSCc1nc2ccccc2[nH]1)c1ccc2c(c1)CCCC2. The number of aryl methyl sites for hydroxylation is 2. The summed E-state index contributed by atoms with van der Waals surface area (Å²) in [5, 5.41) is 0. The molecule has 4 rings (SSSR count). The van der Waals surface area contributed by atoms with Crippen molar-refractivity contribution in [3.63, 3.8) is 0 Å². The van der Waals surface area contributed by atoms with Gasteiger partial charge in [-0.2, -0.15) is 0 Å². The molecule has 0 saturated carbocycles. The number of nitrogens with zero attached hydrogens (tertiary/aromatic N) is 1. The van der Waals surface area contributed by atoms with Crippen LogP contribution in [0.2, 0.25) is 0 Å². The van der Waals surface area contributed by atoms with Crippen LogP contribution in [-0.4, -0.2) is 21.5 Å². The van der Waals surface area contributed by atoms with E-state index >= 15 is 0 Å². The van der Waals surface area contributed by atoms with Crippen LogP contribution in [0, 0.1) is 0 Å². The molecule has 1 heterocycles. The minimum absolute atomic E-state index is 0.212. The molecule has 0 unspecified atom stereocenters. The molecule has 0 fully saturated rings. The smallest absolute Gasteiger partial charge is 0.172 e. The Labute approximate surface area is 145 Å². The van der Waals surface area contributed by atoms with Gasteiger partial charge in [0.25, 0.3) is 0 Å². The van der Waals surface area contributed by atoms with Crippen molar-refractivity contribution in [2.75, 3.05) is 5.75 Å². The summed E-state index contributed by atoms with van der Waals surface area (Å²) in [6.45, 7) is 0. The second-order valence-corrected chi connectivity index (χ2v) is 7.29. The molecule has 4 heteroatoms. The number of H-pyrrole nitrogens is 1. The third-order valence-electron chi connectivity index (χ3n) is 4.58. The van der Waals surface area contributed by atoms with E-state index in [0.29, 0.717) is 5.75 Å². The van der Waals surface area contributed by atoms with E-state index in [9.17, 15) is 4.79 Å². The zero-order chi connectivity index (χ0) is 16.4. The molecule has 1 aliphatic carbocycles. The second-order valence-electron chi connectivity index (χ2n) is 6.31. The molecule has 2 aromatic carbocycles. The Morgan fingerprint density at radius 2 is 1.92 bits per heavy atom. The highest BCUT2D eigenvalue weighted by atomic mass is 32.2. The first kappa shape index (κ1) is 15.5. The van der Waals surface area contributed by atoms with E-state index in [1.807, 2.05) is 30.3 Å². The van der Waals surface area contributed by atoms with Gasteiger partial charge in [0.15, 0.2) is 5.78 Å². The van der Waals surface area contributed by atoms with Crippen molar-refractivity contribution in [2.24, 2.45) is 0 Å². The van der Waals surface area contributed by atoms with Crippen LogP contribution in [0.25, 0.3) is 11.0 Å². The van der Waals surface area contributed by atoms with Gasteiger partial charge >= 0.3 is 0 Å². The average molecular weight is 336 g/mol. The van der Waals surface area contributed by atoms with Gasteiger partial charge in [0.2, 0.25) is 0 Å². The van der Waals surface area contributed by atoms with Gasteiger partial charge in [0, 0.05) is 5.56 Å². The number of hydrogen-bond acceptors (Lipinski definition) is 3. The standard InChI is InChI=1S/C20H20N2OS/c23-19(16-10-9-14-5-1-2-6-15(14)11-16)12-24-13-20-21-17-7-3-4-8-18(17)22-20/h3-4,7-11H,1-2,5-6,12-13H2,(H,21,22). The Kier molecular flexibility index (Phi) is 4.39. The molecular formula is C20H20N2OS. The first-order valence-electron chi connectivity index (χ1n) is 8.46. The molecule has 0 saturated heterocycles. The Hall–Kier alpha value is -2.07. The molecule has 3 nitrogen and oxygen atoms in total. The first-order chi connectivity index (χ1) is 11.8. The van der Waals surface area contributed by atoms with Crippen molar-refractivity contribution in [3.8, 4) is 0 Å². The van der Waals surface area contributed by atoms with E-state index in [0.717, 1.165) is 41.0 Å². The Morgan fingerprint density at radius 1 is 1.08 bits per heavy atom. The highest BCUT2D eigenvalue weighted by molar-refractivity contribution is 7.99. The van der Waals surface area contributed by atoms with Gasteiger partial charge in [0.1, 0.15) is 5.82 Å². The number of carbonyl (C=O) groups is 1. The number of benzene rings is 2. The molecule has 0 atom stereocenters. The van der Waals surface area contributed by atoms with Crippen LogP contribution in [0.1, 0.15) is 40.2 Å². The zero-order valence-corrected chi connectivity index (χ0v) is 14.4. The quantitative estimate of drug-likeness (QED) is 0.695. The fourth-order valence-corrected chi connectivity index (χ4v) is 4.09. The van der Waals surface area contributed by atoms with Crippen LogP contribution in [-0.2, 0) is 18.6 Å². The minimum Gasteiger partial charge on any atom is -0.341 e. The molecule has 0 aliphatic heterocycles. The van der Waals surface area contributed by atoms with Crippen molar-refractivity contribution in [2.45, 2.75) is 31.4 Å². The molecule has 0 radical (unpaired) electrons. The third-order valence-corrected chi connectivity index (χ3v) is 5.52. The summed E-state index contributed by atoms with van der Waals surface area (Å²) in [5.74, 6) is 2.37. The van der Waals surface area contributed by atoms with Gasteiger partial charge in [-0.05, 0) is 55.0 Å². The lowest BCUT2D eigenvalue weighted by atomic mass is 9.90. The normalized spacial score (nSPS) is 13.8. The number of para-hydroxylation sites is 2. The van der Waals surface area contributed by atoms with Crippen LogP contribution < -0.4 is 0 Å². The number of imidazole rings is 1. The van der Waals surface area contributed by atoms with Crippen LogP contribution in [0.5, 0.6) is 0 Å². The summed E-state index contributed by atoms with van der Waals surface area (Å²) in [6.07, 6.45) is 4.78. The number of ketones is 1. The Balaban J connectivity index is 1.38. The summed E-state index contributed by atoms with van der Waals surface area (Å²) >= 11 is 1.62. The molecule has 1 N–H and O–H groups in total. The molecular weight excluding hydrogens is 316 g/mol. The van der Waals surface area contributed by atoms with Crippen molar-refractivity contribution >= 4 is 28.6 Å². The maximum absolute atomic E-state index is 12.4. The number of rotatable bonds is 5. The predicted molar refractivity (Wildman–Crippen MR) is 99.7 cm³/mol. The topological polar surface area (TPSA) is 45.8 Å². The van der Waals surface area contributed by atoms with Crippen molar-refractivity contribution in [3.05, 3.63) is 65.0 Å². The van der Waals surface area contributed by atoms with E-state index < -0.39 is 0 Å². The number of Topliss-reactive ketones (excluding diaryl/α,β-unsaturated/α-hetero) is 1. The van der Waals surface area contributed by atoms with Gasteiger partial charge < -0.3 is 4.98 Å². The Bertz CT molecular complexity index is 851. The lowest BCUT2D eigenvalue weighted by Crippen LogP contribution is -2.08. The monoisotopic (exact) mass is 336 g/mol. The highest BCUT2D eigenvalue weighted by Crippen LogP contribution is 2.23. The molecule has 0 bridgehead atoms. The second kappa shape index (κ2) is 6.81. The van der Waals surface area contributed by atoms with Gasteiger partial charge in [-0.1, -0.05) is 24.3 Å². The van der Waals surface area contributed by atoms with Crippen molar-refractivity contribution < 1.29 is 4.79 Å². The van der Waals surface area contributed by atoms with Crippen LogP contribution in [0.3, 0.4) is 0 Å². The summed E-state index contributed by atoms with van der Waals surface area (Å²) in [5.41, 5.74) is 5.68. The van der Waals surface area contributed by atoms with Crippen LogP contribution in [0.4, 0.5) is 0 Å². The highest BCUT2D eigenvalue weighted by Gasteiger charge is 2.13. The van der Waals surface area contributed by atoms with Gasteiger partial charge in [-0.15, -0.1) is 11.8 Å². The summed E-state index contributed by atoms with van der Waals surface area (Å²) in [6, 6.07) is 14.3. The number of hydrogen-bond donors (Lipinski definition) is 1. The maximum atomic E-state index is 12.4. The summed E-state index contributed by atoms with van der Waals surface area (Å²) < 4.78 is 0. The van der Waals surface area contributed by atoms with Crippen LogP contribution >= 0.6 is 11.8 Å². The Morgan fingerprint density at radius 3 is 2.79 bits per heavy atom. The van der Waals surface area contributed by atoms with E-state index in [2.05, 4.69) is 22.1 Å². The fourth-order valence-electron chi connectivity index (χ4n) is 3.30. The molecule has 1 aromatic heterocycles. The largest absolute Gasteiger partial charge is 0.341 e. The molecule has 1 aliphatic rings. The summed E-state index contributed by atoms with van der Waals surface area (Å²) in [4.78, 5) is 20.3. The van der Waals surface area contributed by atoms with Gasteiger partial charge in [-0.3, -0.25) is 4.79 Å². The molecule has 122 valence electrons. The molecule has 3 aromatic rings. The number of nitrogens with one attached hydrogen (secondary N) is 1. The lowest BCUT2D eigenvalue weighted by molar-refractivity contribution is 0.102. The van der Waals surface area contributed by atoms with Crippen LogP contribution in [0.15, 0.2) is 42.5 Å². The number of carbonyl (C=O) groups excluding carboxylic acids is 1. The molecule has 0 spiro atoms. The van der Waals surface area contributed by atoms with E-state index in [1.165, 1.54) is 24.0 Å². The molecule has 0 amide bonds. The minimum atomic E-state index is 0.212. The number of aromatic amines is 1. The zero-order valence-electron chi connectivity index (χ0n) is 13.5. The average Bonchev–Trinajstić information content (AvgIpc) is 3.04. The van der Waals surface area contributed by atoms with E-state index in [1.54, 1.807) is 11.8 Å². The number of fused-ring (bicyclic) bond motifs is 2. The summed E-state index contributed by atoms with van der Waals surface area (Å²) in [7, 11) is 0. The third kappa shape index (κ3) is 3.24. The van der Waals surface area contributed by atoms with E-state index in [-0.39, 0.29) is 5.78 Å². The van der Waals surface area contributed by atoms with Crippen molar-refractivity contribution in [1.82, 2.24) is 9.97 Å².